The quantitative estimate of drug-likeness (QED) is 0.553. The third kappa shape index (κ3) is 3.71. The molecule has 3 heterocycles. The zero-order chi connectivity index (χ0) is 20.5. The molecule has 1 saturated heterocycles. The molecule has 1 atom stereocenters. The van der Waals surface area contributed by atoms with Crippen molar-refractivity contribution in [2.24, 2.45) is 7.05 Å². The number of aromatic amines is 1. The molecule has 0 radical (unpaired) electrons. The lowest BCUT2D eigenvalue weighted by Crippen LogP contribution is -2.35. The Hall–Kier alpha value is -3.62. The molecule has 1 aromatic carbocycles. The van der Waals surface area contributed by atoms with Crippen LogP contribution in [0.25, 0.3) is 10.9 Å². The number of urea groups is 1. The van der Waals surface area contributed by atoms with Gasteiger partial charge in [-0.25, -0.2) is 4.79 Å². The number of hydrogen-bond acceptors (Lipinski definition) is 4. The minimum Gasteiger partial charge on any atom is -0.361 e. The SMILES string of the molecule is Cc1cc(NC(=O)CC2NC(=O)N(CCc3c[nH]c4ccccc34)C2=O)nn1C. The first-order valence-corrected chi connectivity index (χ1v) is 9.39. The average molecular weight is 394 g/mol. The highest BCUT2D eigenvalue weighted by Gasteiger charge is 2.38. The van der Waals surface area contributed by atoms with E-state index in [4.69, 9.17) is 0 Å². The maximum Gasteiger partial charge on any atom is 0.324 e. The van der Waals surface area contributed by atoms with Crippen LogP contribution in [0.15, 0.2) is 36.5 Å². The van der Waals surface area contributed by atoms with Crippen LogP contribution < -0.4 is 10.6 Å². The molecule has 1 aliphatic heterocycles. The molecule has 0 aliphatic carbocycles. The van der Waals surface area contributed by atoms with Crippen LogP contribution in [0, 0.1) is 6.92 Å². The Morgan fingerprint density at radius 1 is 1.28 bits per heavy atom. The Kier molecular flexibility index (Phi) is 4.79. The molecule has 0 bridgehead atoms. The number of fused-ring (bicyclic) bond motifs is 1. The monoisotopic (exact) mass is 394 g/mol. The fraction of sp³-hybridized carbons (Fsp3) is 0.300. The molecule has 150 valence electrons. The van der Waals surface area contributed by atoms with Gasteiger partial charge in [-0.1, -0.05) is 18.2 Å². The topological polar surface area (TPSA) is 112 Å². The van der Waals surface area contributed by atoms with Crippen molar-refractivity contribution >= 4 is 34.6 Å². The summed E-state index contributed by atoms with van der Waals surface area (Å²) in [6.07, 6.45) is 2.29. The van der Waals surface area contributed by atoms with Crippen molar-refractivity contribution < 1.29 is 14.4 Å². The standard InChI is InChI=1S/C20H22N6O3/c1-12-9-17(24-25(12)2)23-18(27)10-16-19(28)26(20(29)22-16)8-7-13-11-21-15-6-4-3-5-14(13)15/h3-6,9,11,16,21H,7-8,10H2,1-2H3,(H,22,29)(H,23,24,27). The number of anilines is 1. The molecular weight excluding hydrogens is 372 g/mol. The normalized spacial score (nSPS) is 16.5. The molecule has 0 saturated carbocycles. The average Bonchev–Trinajstić information content (AvgIpc) is 3.31. The number of nitrogens with one attached hydrogen (secondary N) is 3. The third-order valence-electron chi connectivity index (χ3n) is 5.16. The van der Waals surface area contributed by atoms with Gasteiger partial charge in [-0.2, -0.15) is 5.10 Å². The molecule has 0 spiro atoms. The van der Waals surface area contributed by atoms with E-state index in [0.717, 1.165) is 22.2 Å². The summed E-state index contributed by atoms with van der Waals surface area (Å²) in [6, 6.07) is 8.27. The van der Waals surface area contributed by atoms with Gasteiger partial charge >= 0.3 is 6.03 Å². The van der Waals surface area contributed by atoms with Crippen LogP contribution >= 0.6 is 0 Å². The number of H-pyrrole nitrogens is 1. The number of amides is 4. The van der Waals surface area contributed by atoms with Gasteiger partial charge in [-0.3, -0.25) is 19.2 Å². The van der Waals surface area contributed by atoms with Crippen LogP contribution in [0.1, 0.15) is 17.7 Å². The summed E-state index contributed by atoms with van der Waals surface area (Å²) in [5.74, 6) is -0.342. The summed E-state index contributed by atoms with van der Waals surface area (Å²) in [5.41, 5.74) is 2.95. The number of rotatable bonds is 6. The van der Waals surface area contributed by atoms with E-state index in [0.29, 0.717) is 12.2 Å². The molecule has 9 nitrogen and oxygen atoms in total. The van der Waals surface area contributed by atoms with E-state index < -0.39 is 12.1 Å². The summed E-state index contributed by atoms with van der Waals surface area (Å²) in [5, 5.41) is 10.5. The fourth-order valence-electron chi connectivity index (χ4n) is 3.50. The van der Waals surface area contributed by atoms with Gasteiger partial charge in [0, 0.05) is 42.5 Å². The number of nitrogens with zero attached hydrogens (tertiary/aromatic N) is 3. The predicted octanol–water partition coefficient (Wildman–Crippen LogP) is 1.70. The highest BCUT2D eigenvalue weighted by molar-refractivity contribution is 6.06. The van der Waals surface area contributed by atoms with Gasteiger partial charge in [0.15, 0.2) is 5.82 Å². The number of aryl methyl sites for hydroxylation is 2. The van der Waals surface area contributed by atoms with Gasteiger partial charge in [-0.15, -0.1) is 0 Å². The summed E-state index contributed by atoms with van der Waals surface area (Å²) in [4.78, 5) is 41.5. The Morgan fingerprint density at radius 2 is 2.07 bits per heavy atom. The number of hydrogen-bond donors (Lipinski definition) is 3. The summed E-state index contributed by atoms with van der Waals surface area (Å²) < 4.78 is 1.64. The van der Waals surface area contributed by atoms with Crippen LogP contribution in [0.4, 0.5) is 10.6 Å². The number of benzene rings is 1. The zero-order valence-electron chi connectivity index (χ0n) is 16.2. The molecule has 29 heavy (non-hydrogen) atoms. The minimum absolute atomic E-state index is 0.135. The van der Waals surface area contributed by atoms with E-state index in [9.17, 15) is 14.4 Å². The number of imide groups is 1. The maximum atomic E-state index is 12.6. The molecule has 1 aliphatic rings. The molecule has 3 aromatic rings. The van der Waals surface area contributed by atoms with Crippen molar-refractivity contribution in [1.29, 1.82) is 0 Å². The van der Waals surface area contributed by atoms with Crippen molar-refractivity contribution in [3.63, 3.8) is 0 Å². The second kappa shape index (κ2) is 7.42. The molecule has 1 fully saturated rings. The number of aromatic nitrogens is 3. The number of carbonyl (C=O) groups excluding carboxylic acids is 3. The lowest BCUT2D eigenvalue weighted by molar-refractivity contribution is -0.129. The van der Waals surface area contributed by atoms with Crippen LogP contribution in [0.5, 0.6) is 0 Å². The van der Waals surface area contributed by atoms with E-state index >= 15 is 0 Å². The fourth-order valence-corrected chi connectivity index (χ4v) is 3.50. The smallest absolute Gasteiger partial charge is 0.324 e. The zero-order valence-corrected chi connectivity index (χ0v) is 16.2. The molecule has 3 N–H and O–H groups in total. The van der Waals surface area contributed by atoms with Gasteiger partial charge in [0.2, 0.25) is 5.91 Å². The van der Waals surface area contributed by atoms with Gasteiger partial charge in [0.25, 0.3) is 5.91 Å². The Labute approximate surface area is 167 Å². The Balaban J connectivity index is 1.36. The highest BCUT2D eigenvalue weighted by Crippen LogP contribution is 2.19. The molecule has 2 aromatic heterocycles. The van der Waals surface area contributed by atoms with Gasteiger partial charge in [0.05, 0.1) is 6.42 Å². The number of carbonyl (C=O) groups is 3. The first kappa shape index (κ1) is 18.7. The molecular formula is C20H22N6O3. The molecule has 1 unspecified atom stereocenters. The van der Waals surface area contributed by atoms with Crippen LogP contribution in [-0.4, -0.2) is 50.1 Å². The lowest BCUT2D eigenvalue weighted by Gasteiger charge is -2.12. The second-order valence-corrected chi connectivity index (χ2v) is 7.15. The maximum absolute atomic E-state index is 12.6. The van der Waals surface area contributed by atoms with Crippen molar-refractivity contribution in [1.82, 2.24) is 25.0 Å². The van der Waals surface area contributed by atoms with E-state index in [-0.39, 0.29) is 24.8 Å². The lowest BCUT2D eigenvalue weighted by atomic mass is 10.1. The van der Waals surface area contributed by atoms with Crippen LogP contribution in [0.2, 0.25) is 0 Å². The van der Waals surface area contributed by atoms with E-state index in [2.05, 4.69) is 20.7 Å². The second-order valence-electron chi connectivity index (χ2n) is 7.15. The van der Waals surface area contributed by atoms with Crippen molar-refractivity contribution in [2.45, 2.75) is 25.8 Å². The first-order valence-electron chi connectivity index (χ1n) is 9.39. The first-order chi connectivity index (χ1) is 13.9. The summed E-state index contributed by atoms with van der Waals surface area (Å²) >= 11 is 0. The third-order valence-corrected chi connectivity index (χ3v) is 5.16. The minimum atomic E-state index is -0.865. The van der Waals surface area contributed by atoms with Crippen molar-refractivity contribution in [2.75, 3.05) is 11.9 Å². The van der Waals surface area contributed by atoms with Gasteiger partial charge in [0.1, 0.15) is 6.04 Å². The van der Waals surface area contributed by atoms with Crippen LogP contribution in [-0.2, 0) is 23.1 Å². The Bertz CT molecular complexity index is 1080. The molecule has 4 amide bonds. The molecule has 4 rings (SSSR count). The van der Waals surface area contributed by atoms with Gasteiger partial charge in [-0.05, 0) is 25.0 Å². The Morgan fingerprint density at radius 3 is 2.83 bits per heavy atom. The van der Waals surface area contributed by atoms with Crippen LogP contribution in [0.3, 0.4) is 0 Å². The van der Waals surface area contributed by atoms with Gasteiger partial charge < -0.3 is 15.6 Å². The summed E-state index contributed by atoms with van der Waals surface area (Å²) in [6.45, 7) is 2.12. The van der Waals surface area contributed by atoms with E-state index in [1.54, 1.807) is 17.8 Å². The van der Waals surface area contributed by atoms with E-state index in [1.807, 2.05) is 37.4 Å². The highest BCUT2D eigenvalue weighted by atomic mass is 16.2. The van der Waals surface area contributed by atoms with E-state index in [1.165, 1.54) is 4.90 Å². The molecule has 9 heteroatoms. The van der Waals surface area contributed by atoms with Crippen molar-refractivity contribution in [3.05, 3.63) is 47.8 Å². The largest absolute Gasteiger partial charge is 0.361 e. The number of para-hydroxylation sites is 1. The predicted molar refractivity (Wildman–Crippen MR) is 107 cm³/mol. The summed E-state index contributed by atoms with van der Waals surface area (Å²) in [7, 11) is 1.78. The van der Waals surface area contributed by atoms with Crippen molar-refractivity contribution in [3.8, 4) is 0 Å².